The minimum atomic E-state index is 0.0955. The van der Waals surface area contributed by atoms with Gasteiger partial charge >= 0.3 is 0 Å². The van der Waals surface area contributed by atoms with E-state index in [1.165, 1.54) is 0 Å². The quantitative estimate of drug-likeness (QED) is 0.309. The lowest BCUT2D eigenvalue weighted by molar-refractivity contribution is 0.474. The van der Waals surface area contributed by atoms with Gasteiger partial charge in [-0.25, -0.2) is 0 Å². The van der Waals surface area contributed by atoms with Crippen molar-refractivity contribution in [1.82, 2.24) is 0 Å². The summed E-state index contributed by atoms with van der Waals surface area (Å²) in [5, 5.41) is 22.7. The lowest BCUT2D eigenvalue weighted by Crippen LogP contribution is -2.01. The molecule has 24 heavy (non-hydrogen) atoms. The minimum absolute atomic E-state index is 0.0955. The van der Waals surface area contributed by atoms with Crippen molar-refractivity contribution >= 4 is 17.2 Å². The van der Waals surface area contributed by atoms with Crippen LogP contribution in [0.15, 0.2) is 100 Å². The molecule has 2 N–H and O–H groups in total. The van der Waals surface area contributed by atoms with Crippen LogP contribution in [0.2, 0.25) is 0 Å². The Balaban J connectivity index is 1.92. The molecule has 0 radical (unpaired) electrons. The van der Waals surface area contributed by atoms with Gasteiger partial charge in [0, 0.05) is 0 Å². The van der Waals surface area contributed by atoms with E-state index in [0.29, 0.717) is 17.1 Å². The third-order valence-corrected chi connectivity index (χ3v) is 3.23. The van der Waals surface area contributed by atoms with Crippen molar-refractivity contribution in [2.75, 3.05) is 5.43 Å². The number of azo groups is 1. The second-order valence-electron chi connectivity index (χ2n) is 4.97. The number of nitrogens with zero attached hydrogens (tertiary/aromatic N) is 3. The van der Waals surface area contributed by atoms with E-state index >= 15 is 0 Å². The van der Waals surface area contributed by atoms with Crippen molar-refractivity contribution in [3.8, 4) is 5.75 Å². The number of anilines is 1. The maximum absolute atomic E-state index is 10.1. The van der Waals surface area contributed by atoms with Crippen LogP contribution >= 0.6 is 0 Å². The normalized spacial score (nSPS) is 11.6. The number of rotatable bonds is 4. The number of phenolic OH excluding ortho intramolecular Hbond substituents is 1. The van der Waals surface area contributed by atoms with Crippen LogP contribution in [0.3, 0.4) is 0 Å². The van der Waals surface area contributed by atoms with Crippen LogP contribution in [0.5, 0.6) is 5.75 Å². The first-order chi connectivity index (χ1) is 11.8. The fourth-order valence-electron chi connectivity index (χ4n) is 2.03. The number of benzene rings is 3. The molecule has 0 fully saturated rings. The van der Waals surface area contributed by atoms with Gasteiger partial charge in [-0.3, -0.25) is 5.43 Å². The van der Waals surface area contributed by atoms with E-state index in [2.05, 4.69) is 20.8 Å². The zero-order valence-electron chi connectivity index (χ0n) is 12.9. The van der Waals surface area contributed by atoms with E-state index in [4.69, 9.17) is 0 Å². The SMILES string of the molecule is Oc1ccccc1C(N=Nc1ccccc1)=NNc1ccccc1. The minimum Gasteiger partial charge on any atom is -0.507 e. The van der Waals surface area contributed by atoms with E-state index in [0.717, 1.165) is 5.69 Å². The van der Waals surface area contributed by atoms with E-state index in [-0.39, 0.29) is 5.75 Å². The number of hydrogen-bond donors (Lipinski definition) is 2. The van der Waals surface area contributed by atoms with Crippen molar-refractivity contribution in [1.29, 1.82) is 0 Å². The molecule has 0 saturated carbocycles. The fraction of sp³-hybridized carbons (Fsp3) is 0. The highest BCUT2D eigenvalue weighted by Gasteiger charge is 2.08. The highest BCUT2D eigenvalue weighted by molar-refractivity contribution is 6.01. The van der Waals surface area contributed by atoms with Gasteiger partial charge in [-0.2, -0.15) is 5.10 Å². The molecule has 3 rings (SSSR count). The van der Waals surface area contributed by atoms with Crippen LogP contribution < -0.4 is 5.43 Å². The van der Waals surface area contributed by atoms with Crippen molar-refractivity contribution in [2.45, 2.75) is 0 Å². The number of hydrazone groups is 1. The van der Waals surface area contributed by atoms with Gasteiger partial charge in [-0.15, -0.1) is 10.2 Å². The van der Waals surface area contributed by atoms with E-state index in [1.807, 2.05) is 66.7 Å². The first-order valence-electron chi connectivity index (χ1n) is 7.47. The van der Waals surface area contributed by atoms with Gasteiger partial charge in [0.2, 0.25) is 5.84 Å². The fourth-order valence-corrected chi connectivity index (χ4v) is 2.03. The van der Waals surface area contributed by atoms with Crippen LogP contribution in [-0.4, -0.2) is 10.9 Å². The Labute approximate surface area is 140 Å². The zero-order chi connectivity index (χ0) is 16.6. The summed E-state index contributed by atoms with van der Waals surface area (Å²) in [6.07, 6.45) is 0. The Morgan fingerprint density at radius 1 is 0.750 bits per heavy atom. The predicted octanol–water partition coefficient (Wildman–Crippen LogP) is 4.95. The molecule has 0 amide bonds. The number of hydrogen-bond acceptors (Lipinski definition) is 4. The third kappa shape index (κ3) is 4.04. The Bertz CT molecular complexity index is 846. The zero-order valence-corrected chi connectivity index (χ0v) is 12.9. The molecule has 0 saturated heterocycles. The average Bonchev–Trinajstić information content (AvgIpc) is 2.64. The Kier molecular flexibility index (Phi) is 4.94. The maximum atomic E-state index is 10.1. The molecule has 0 bridgehead atoms. The van der Waals surface area contributed by atoms with Crippen molar-refractivity contribution in [3.05, 3.63) is 90.5 Å². The molecule has 0 unspecified atom stereocenters. The molecule has 0 aliphatic heterocycles. The molecule has 3 aromatic rings. The van der Waals surface area contributed by atoms with Crippen LogP contribution in [0.25, 0.3) is 0 Å². The summed E-state index contributed by atoms with van der Waals surface area (Å²) in [6.45, 7) is 0. The predicted molar refractivity (Wildman–Crippen MR) is 95.7 cm³/mol. The molecule has 0 aliphatic rings. The second-order valence-corrected chi connectivity index (χ2v) is 4.97. The molecule has 3 aromatic carbocycles. The number of amidine groups is 1. The Hall–Kier alpha value is -3.47. The number of aromatic hydroxyl groups is 1. The average molecular weight is 316 g/mol. The van der Waals surface area contributed by atoms with Gasteiger partial charge < -0.3 is 5.11 Å². The summed E-state index contributed by atoms with van der Waals surface area (Å²) in [6, 6.07) is 25.8. The molecule has 5 heteroatoms. The molecule has 0 atom stereocenters. The highest BCUT2D eigenvalue weighted by Crippen LogP contribution is 2.19. The highest BCUT2D eigenvalue weighted by atomic mass is 16.3. The summed E-state index contributed by atoms with van der Waals surface area (Å²) in [5.74, 6) is 0.388. The van der Waals surface area contributed by atoms with E-state index in [9.17, 15) is 5.11 Å². The van der Waals surface area contributed by atoms with Crippen LogP contribution in [0.4, 0.5) is 11.4 Å². The van der Waals surface area contributed by atoms with Crippen LogP contribution in [-0.2, 0) is 0 Å². The Morgan fingerprint density at radius 3 is 2.08 bits per heavy atom. The summed E-state index contributed by atoms with van der Waals surface area (Å²) in [4.78, 5) is 0. The van der Waals surface area contributed by atoms with Gasteiger partial charge in [0.1, 0.15) is 5.75 Å². The molecule has 0 aromatic heterocycles. The van der Waals surface area contributed by atoms with E-state index in [1.54, 1.807) is 18.2 Å². The molecule has 118 valence electrons. The smallest absolute Gasteiger partial charge is 0.204 e. The lowest BCUT2D eigenvalue weighted by atomic mass is 10.2. The molecule has 0 aliphatic carbocycles. The van der Waals surface area contributed by atoms with Gasteiger partial charge in [0.05, 0.1) is 16.9 Å². The number of nitrogens with one attached hydrogen (secondary N) is 1. The second kappa shape index (κ2) is 7.69. The monoisotopic (exact) mass is 316 g/mol. The van der Waals surface area contributed by atoms with Gasteiger partial charge in [-0.1, -0.05) is 48.5 Å². The van der Waals surface area contributed by atoms with Crippen molar-refractivity contribution < 1.29 is 5.11 Å². The first kappa shape index (κ1) is 15.4. The number of phenols is 1. The van der Waals surface area contributed by atoms with Crippen LogP contribution in [0.1, 0.15) is 5.56 Å². The molecule has 0 spiro atoms. The maximum Gasteiger partial charge on any atom is 0.204 e. The largest absolute Gasteiger partial charge is 0.507 e. The standard InChI is InChI=1S/C19H16N4O/c24-18-14-8-7-13-17(18)19(22-20-15-9-3-1-4-10-15)23-21-16-11-5-2-6-12-16/h1-14,20,24H. The summed E-state index contributed by atoms with van der Waals surface area (Å²) < 4.78 is 0. The van der Waals surface area contributed by atoms with Gasteiger partial charge in [0.25, 0.3) is 0 Å². The summed E-state index contributed by atoms with van der Waals surface area (Å²) in [7, 11) is 0. The molecular formula is C19H16N4O. The first-order valence-corrected chi connectivity index (χ1v) is 7.47. The van der Waals surface area contributed by atoms with Crippen LogP contribution in [0, 0.1) is 0 Å². The van der Waals surface area contributed by atoms with Crippen molar-refractivity contribution in [2.24, 2.45) is 15.3 Å². The molecule has 0 heterocycles. The summed E-state index contributed by atoms with van der Waals surface area (Å²) >= 11 is 0. The van der Waals surface area contributed by atoms with Gasteiger partial charge in [-0.05, 0) is 36.4 Å². The molecule has 5 nitrogen and oxygen atoms in total. The van der Waals surface area contributed by atoms with E-state index < -0.39 is 0 Å². The Morgan fingerprint density at radius 2 is 1.38 bits per heavy atom. The van der Waals surface area contributed by atoms with Crippen molar-refractivity contribution in [3.63, 3.8) is 0 Å². The topological polar surface area (TPSA) is 69.3 Å². The van der Waals surface area contributed by atoms with Gasteiger partial charge in [0.15, 0.2) is 0 Å². The lowest BCUT2D eigenvalue weighted by Gasteiger charge is -2.05. The summed E-state index contributed by atoms with van der Waals surface area (Å²) in [5.41, 5.74) is 4.96. The third-order valence-electron chi connectivity index (χ3n) is 3.23. The molecular weight excluding hydrogens is 300 g/mol. The number of para-hydroxylation sites is 2.